The van der Waals surface area contributed by atoms with Gasteiger partial charge in [-0.15, -0.1) is 0 Å². The summed E-state index contributed by atoms with van der Waals surface area (Å²) in [5.74, 6) is 0.391. The zero-order valence-electron chi connectivity index (χ0n) is 16.3. The van der Waals surface area contributed by atoms with Gasteiger partial charge in [-0.2, -0.15) is 0 Å². The zero-order valence-corrected chi connectivity index (χ0v) is 18.5. The number of halogens is 1. The summed E-state index contributed by atoms with van der Waals surface area (Å²) in [7, 11) is 1.61. The number of carbonyl (C=O) groups excluding carboxylic acids is 1. The summed E-state index contributed by atoms with van der Waals surface area (Å²) >= 11 is -0.194. The Morgan fingerprint density at radius 3 is 2.83 bits per heavy atom. The van der Waals surface area contributed by atoms with Crippen LogP contribution in [0.2, 0.25) is 0 Å². The van der Waals surface area contributed by atoms with Crippen molar-refractivity contribution in [2.75, 3.05) is 38.9 Å². The average Bonchev–Trinajstić information content (AvgIpc) is 2.80. The maximum absolute atomic E-state index is 13.0. The molecule has 0 spiro atoms. The van der Waals surface area contributed by atoms with Crippen LogP contribution < -0.4 is 45.7 Å². The topological polar surface area (TPSA) is 118 Å². The van der Waals surface area contributed by atoms with Gasteiger partial charge in [-0.1, -0.05) is 0 Å². The molecule has 4 N–H and O–H groups in total. The molecule has 1 aromatic carbocycles. The first kappa shape index (κ1) is 20.3. The molecule has 1 amide bonds. The summed E-state index contributed by atoms with van der Waals surface area (Å²) in [5, 5.41) is 6.28. The van der Waals surface area contributed by atoms with Crippen molar-refractivity contribution >= 4 is 23.1 Å². The molecule has 1 aliphatic rings. The molecule has 10 heteroatoms. The van der Waals surface area contributed by atoms with Crippen LogP contribution in [-0.2, 0) is 0 Å². The molecule has 3 aromatic rings. The number of aromatic nitrogens is 3. The Labute approximate surface area is 184 Å². The first-order valence-electron chi connectivity index (χ1n) is 9.25. The standard InChI is InChI=1S/C20H21IN7O2/c1-30-14-4-2-13(3-5-14)15-11-25-19(22)18(26-15)20(29)27-16-10-23-7-6-17(16)28-9-8-24-12-21-28/h2-7,10-11,24H,8-9,12H2,1H3,(H2,22,25)(H,27,29)/q-1. The number of carbonyl (C=O) groups is 1. The normalized spacial score (nSPS) is 14.0. The SMILES string of the molecule is COc1ccc(-c2cnc(N)c(C(=O)Nc3cnccc3N3CCNC[I-]3)n2)cc1. The Bertz CT molecular complexity index is 1040. The molecule has 0 aliphatic carbocycles. The van der Waals surface area contributed by atoms with Gasteiger partial charge >= 0.3 is 173 Å². The van der Waals surface area contributed by atoms with Crippen LogP contribution in [0.1, 0.15) is 10.5 Å². The van der Waals surface area contributed by atoms with E-state index in [0.717, 1.165) is 34.6 Å². The molecular formula is C20H21IN7O2-. The van der Waals surface area contributed by atoms with Gasteiger partial charge in [0, 0.05) is 0 Å². The van der Waals surface area contributed by atoms with Crippen LogP contribution in [0.5, 0.6) is 5.75 Å². The summed E-state index contributed by atoms with van der Waals surface area (Å²) in [5.41, 5.74) is 9.01. The fraction of sp³-hybridized carbons (Fsp3) is 0.200. The number of hydrogen-bond acceptors (Lipinski definition) is 8. The van der Waals surface area contributed by atoms with Crippen LogP contribution in [0.15, 0.2) is 48.9 Å². The molecule has 0 saturated carbocycles. The first-order chi connectivity index (χ1) is 14.7. The molecular weight excluding hydrogens is 497 g/mol. The van der Waals surface area contributed by atoms with E-state index >= 15 is 0 Å². The third kappa shape index (κ3) is 4.44. The van der Waals surface area contributed by atoms with E-state index in [9.17, 15) is 4.79 Å². The summed E-state index contributed by atoms with van der Waals surface area (Å²) in [4.78, 5) is 25.8. The van der Waals surface area contributed by atoms with Crippen molar-refractivity contribution in [3.8, 4) is 17.0 Å². The van der Waals surface area contributed by atoms with Gasteiger partial charge in [-0.3, -0.25) is 0 Å². The van der Waals surface area contributed by atoms with Crippen molar-refractivity contribution in [2.24, 2.45) is 0 Å². The molecule has 1 saturated heterocycles. The van der Waals surface area contributed by atoms with E-state index in [-0.39, 0.29) is 33.0 Å². The molecule has 0 unspecified atom stereocenters. The van der Waals surface area contributed by atoms with E-state index in [4.69, 9.17) is 10.5 Å². The Morgan fingerprint density at radius 1 is 1.27 bits per heavy atom. The van der Waals surface area contributed by atoms with E-state index < -0.39 is 5.91 Å². The molecule has 0 radical (unpaired) electrons. The number of ether oxygens (including phenoxy) is 1. The van der Waals surface area contributed by atoms with E-state index in [0.29, 0.717) is 11.4 Å². The number of pyridine rings is 1. The number of nitrogens with one attached hydrogen (secondary N) is 2. The number of nitrogen functional groups attached to an aromatic ring is 1. The third-order valence-electron chi connectivity index (χ3n) is 4.49. The van der Waals surface area contributed by atoms with Gasteiger partial charge in [-0.25, -0.2) is 0 Å². The third-order valence-corrected chi connectivity index (χ3v) is 7.20. The van der Waals surface area contributed by atoms with Crippen molar-refractivity contribution in [3.05, 3.63) is 54.6 Å². The predicted octanol–water partition coefficient (Wildman–Crippen LogP) is -1.25. The Hall–Kier alpha value is -2.99. The van der Waals surface area contributed by atoms with Crippen LogP contribution in [0.25, 0.3) is 11.3 Å². The predicted molar refractivity (Wildman–Crippen MR) is 111 cm³/mol. The van der Waals surface area contributed by atoms with Gasteiger partial charge in [-0.05, 0) is 0 Å². The minimum absolute atomic E-state index is 0.0739. The van der Waals surface area contributed by atoms with Crippen molar-refractivity contribution < 1.29 is 31.0 Å². The number of hydrogen-bond donors (Lipinski definition) is 3. The number of alkyl halides is 1. The van der Waals surface area contributed by atoms with Gasteiger partial charge in [0.25, 0.3) is 0 Å². The number of nitrogens with zero attached hydrogens (tertiary/aromatic N) is 4. The number of benzene rings is 1. The Morgan fingerprint density at radius 2 is 2.10 bits per heavy atom. The van der Waals surface area contributed by atoms with Crippen LogP contribution in [0.4, 0.5) is 17.2 Å². The fourth-order valence-corrected chi connectivity index (χ4v) is 5.35. The van der Waals surface area contributed by atoms with Gasteiger partial charge in [0.2, 0.25) is 0 Å². The summed E-state index contributed by atoms with van der Waals surface area (Å²) < 4.78 is 8.49. The Kier molecular flexibility index (Phi) is 6.23. The first-order valence-corrected chi connectivity index (χ1v) is 11.7. The van der Waals surface area contributed by atoms with E-state index in [1.807, 2.05) is 30.3 Å². The van der Waals surface area contributed by atoms with Crippen LogP contribution in [0, 0.1) is 0 Å². The van der Waals surface area contributed by atoms with Gasteiger partial charge < -0.3 is 4.74 Å². The molecule has 0 atom stereocenters. The van der Waals surface area contributed by atoms with Crippen molar-refractivity contribution in [1.82, 2.24) is 20.3 Å². The maximum atomic E-state index is 13.0. The molecule has 1 aliphatic heterocycles. The van der Waals surface area contributed by atoms with E-state index in [2.05, 4.69) is 28.7 Å². The monoisotopic (exact) mass is 518 g/mol. The van der Waals surface area contributed by atoms with Crippen molar-refractivity contribution in [3.63, 3.8) is 0 Å². The number of amides is 1. The average molecular weight is 518 g/mol. The van der Waals surface area contributed by atoms with E-state index in [1.54, 1.807) is 25.7 Å². The summed E-state index contributed by atoms with van der Waals surface area (Å²) in [6.07, 6.45) is 4.93. The zero-order chi connectivity index (χ0) is 20.9. The second-order valence-electron chi connectivity index (χ2n) is 6.40. The van der Waals surface area contributed by atoms with Crippen molar-refractivity contribution in [2.45, 2.75) is 0 Å². The van der Waals surface area contributed by atoms with Crippen LogP contribution in [-0.4, -0.2) is 45.6 Å². The van der Waals surface area contributed by atoms with Gasteiger partial charge in [0.05, 0.1) is 7.11 Å². The number of nitrogens with two attached hydrogens (primary N) is 1. The van der Waals surface area contributed by atoms with Gasteiger partial charge in [0.15, 0.2) is 0 Å². The second-order valence-corrected chi connectivity index (χ2v) is 9.01. The summed E-state index contributed by atoms with van der Waals surface area (Å²) in [6.45, 7) is 1.81. The van der Waals surface area contributed by atoms with Crippen LogP contribution in [0.3, 0.4) is 0 Å². The second kappa shape index (κ2) is 9.22. The molecule has 0 bridgehead atoms. The molecule has 3 heterocycles. The molecule has 1 fully saturated rings. The number of anilines is 3. The number of methoxy groups -OCH3 is 1. The fourth-order valence-electron chi connectivity index (χ4n) is 2.95. The van der Waals surface area contributed by atoms with E-state index in [1.165, 1.54) is 0 Å². The molecule has 4 rings (SSSR count). The molecule has 156 valence electrons. The molecule has 9 nitrogen and oxygen atoms in total. The minimum atomic E-state index is -0.419. The quantitative estimate of drug-likeness (QED) is 0.166. The van der Waals surface area contributed by atoms with Gasteiger partial charge in [0.1, 0.15) is 0 Å². The number of rotatable bonds is 5. The summed E-state index contributed by atoms with van der Waals surface area (Å²) in [6, 6.07) is 9.28. The molecule has 30 heavy (non-hydrogen) atoms. The van der Waals surface area contributed by atoms with Crippen molar-refractivity contribution in [1.29, 1.82) is 0 Å². The van der Waals surface area contributed by atoms with Crippen LogP contribution >= 0.6 is 0 Å². The molecule has 2 aromatic heterocycles. The Balaban J connectivity index is 1.59.